The van der Waals surface area contributed by atoms with E-state index in [2.05, 4.69) is 6.92 Å². The lowest BCUT2D eigenvalue weighted by atomic mass is 9.89. The summed E-state index contributed by atoms with van der Waals surface area (Å²) in [7, 11) is 0. The zero-order valence-electron chi connectivity index (χ0n) is 11.9. The lowest BCUT2D eigenvalue weighted by Gasteiger charge is -2.27. The Hall–Kier alpha value is -1.17. The highest BCUT2D eigenvalue weighted by Crippen LogP contribution is 2.26. The van der Waals surface area contributed by atoms with Gasteiger partial charge in [0.05, 0.1) is 12.6 Å². The molecule has 6 heteroatoms. The molecule has 0 unspecified atom stereocenters. The quantitative estimate of drug-likeness (QED) is 0.838. The van der Waals surface area contributed by atoms with Gasteiger partial charge >= 0.3 is 0 Å². The highest BCUT2D eigenvalue weighted by molar-refractivity contribution is 5.87. The number of primary amides is 1. The van der Waals surface area contributed by atoms with E-state index in [1.165, 1.54) is 4.90 Å². The monoisotopic (exact) mass is 286 g/mol. The van der Waals surface area contributed by atoms with Crippen LogP contribution in [0.3, 0.4) is 0 Å². The average molecular weight is 286 g/mol. The smallest absolute Gasteiger partial charge is 0.249 e. The number of nitrogens with zero attached hydrogens (tertiary/aromatic N) is 1. The molecule has 0 aromatic carbocycles. The van der Waals surface area contributed by atoms with Gasteiger partial charge in [-0.25, -0.2) is 4.39 Å². The first kappa shape index (κ1) is 15.2. The molecular weight excluding hydrogens is 263 g/mol. The standard InChI is InChI=1S/C14H23FN2O3/c1-9-2-4-11(5-3-9)20-8-13(18)17-7-10(15)6-12(17)14(16)19/h9-12H,2-8H2,1H3,(H2,16,19)/t9?,10-,11?,12+/m1/s1. The van der Waals surface area contributed by atoms with E-state index in [9.17, 15) is 14.0 Å². The Morgan fingerprint density at radius 2 is 1.95 bits per heavy atom. The van der Waals surface area contributed by atoms with E-state index in [0.717, 1.165) is 31.6 Å². The van der Waals surface area contributed by atoms with Crippen LogP contribution in [0.1, 0.15) is 39.0 Å². The van der Waals surface area contributed by atoms with E-state index in [0.29, 0.717) is 0 Å². The van der Waals surface area contributed by atoms with Gasteiger partial charge in [-0.05, 0) is 31.6 Å². The number of ether oxygens (including phenoxy) is 1. The molecule has 2 atom stereocenters. The molecule has 1 aliphatic carbocycles. The summed E-state index contributed by atoms with van der Waals surface area (Å²) in [5.41, 5.74) is 5.20. The predicted molar refractivity (Wildman–Crippen MR) is 71.6 cm³/mol. The van der Waals surface area contributed by atoms with Gasteiger partial charge in [-0.15, -0.1) is 0 Å². The first-order valence-corrected chi connectivity index (χ1v) is 7.31. The molecule has 1 aliphatic heterocycles. The number of likely N-dealkylation sites (tertiary alicyclic amines) is 1. The van der Waals surface area contributed by atoms with Gasteiger partial charge in [0.25, 0.3) is 0 Å². The van der Waals surface area contributed by atoms with Crippen molar-refractivity contribution in [3.05, 3.63) is 0 Å². The number of carbonyl (C=O) groups excluding carboxylic acids is 2. The lowest BCUT2D eigenvalue weighted by molar-refractivity contribution is -0.143. The van der Waals surface area contributed by atoms with E-state index < -0.39 is 18.1 Å². The molecule has 0 bridgehead atoms. The molecule has 0 aromatic heterocycles. The first-order chi connectivity index (χ1) is 9.47. The van der Waals surface area contributed by atoms with Crippen LogP contribution in [0.15, 0.2) is 0 Å². The molecule has 5 nitrogen and oxygen atoms in total. The summed E-state index contributed by atoms with van der Waals surface area (Å²) < 4.78 is 18.9. The van der Waals surface area contributed by atoms with E-state index >= 15 is 0 Å². The maximum absolute atomic E-state index is 13.3. The van der Waals surface area contributed by atoms with Crippen LogP contribution >= 0.6 is 0 Å². The summed E-state index contributed by atoms with van der Waals surface area (Å²) in [5.74, 6) is -0.270. The molecule has 1 saturated heterocycles. The second kappa shape index (κ2) is 6.52. The van der Waals surface area contributed by atoms with Crippen LogP contribution in [0.5, 0.6) is 0 Å². The molecule has 114 valence electrons. The van der Waals surface area contributed by atoms with Crippen LogP contribution < -0.4 is 5.73 Å². The summed E-state index contributed by atoms with van der Waals surface area (Å²) in [6, 6.07) is -0.826. The van der Waals surface area contributed by atoms with E-state index in [4.69, 9.17) is 10.5 Å². The summed E-state index contributed by atoms with van der Waals surface area (Å²) in [6.07, 6.45) is 3.07. The molecule has 0 spiro atoms. The molecule has 2 aliphatic rings. The summed E-state index contributed by atoms with van der Waals surface area (Å²) in [4.78, 5) is 24.5. The van der Waals surface area contributed by atoms with Gasteiger partial charge in [0.1, 0.15) is 18.8 Å². The minimum atomic E-state index is -1.17. The molecular formula is C14H23FN2O3. The Bertz CT molecular complexity index is 369. The molecule has 1 heterocycles. The third-order valence-corrected chi connectivity index (χ3v) is 4.30. The van der Waals surface area contributed by atoms with Crippen molar-refractivity contribution >= 4 is 11.8 Å². The van der Waals surface area contributed by atoms with Crippen LogP contribution in [0.25, 0.3) is 0 Å². The third-order valence-electron chi connectivity index (χ3n) is 4.30. The molecule has 2 N–H and O–H groups in total. The second-order valence-electron chi connectivity index (χ2n) is 5.99. The van der Waals surface area contributed by atoms with Crippen molar-refractivity contribution in [1.82, 2.24) is 4.90 Å². The van der Waals surface area contributed by atoms with Crippen LogP contribution in [0, 0.1) is 5.92 Å². The number of hydrogen-bond acceptors (Lipinski definition) is 3. The number of amides is 2. The highest BCUT2D eigenvalue weighted by Gasteiger charge is 2.38. The van der Waals surface area contributed by atoms with Crippen molar-refractivity contribution < 1.29 is 18.7 Å². The number of nitrogens with two attached hydrogens (primary N) is 1. The van der Waals surface area contributed by atoms with Crippen molar-refractivity contribution in [2.45, 2.75) is 57.3 Å². The maximum Gasteiger partial charge on any atom is 0.249 e. The fourth-order valence-electron chi connectivity index (χ4n) is 3.00. The summed E-state index contributed by atoms with van der Waals surface area (Å²) in [6.45, 7) is 2.07. The van der Waals surface area contributed by atoms with Gasteiger partial charge in [-0.1, -0.05) is 6.92 Å². The van der Waals surface area contributed by atoms with Crippen molar-refractivity contribution in [3.63, 3.8) is 0 Å². The molecule has 2 rings (SSSR count). The van der Waals surface area contributed by atoms with Gasteiger partial charge in [0.15, 0.2) is 0 Å². The van der Waals surface area contributed by atoms with Gasteiger partial charge in [0, 0.05) is 6.42 Å². The molecule has 1 saturated carbocycles. The molecule has 0 aromatic rings. The Kier molecular flexibility index (Phi) is 4.96. The van der Waals surface area contributed by atoms with Crippen molar-refractivity contribution in [2.24, 2.45) is 11.7 Å². The van der Waals surface area contributed by atoms with Gasteiger partial charge in [-0.3, -0.25) is 9.59 Å². The summed E-state index contributed by atoms with van der Waals surface area (Å²) >= 11 is 0. The van der Waals surface area contributed by atoms with Crippen molar-refractivity contribution in [3.8, 4) is 0 Å². The number of alkyl halides is 1. The lowest BCUT2D eigenvalue weighted by Crippen LogP contribution is -2.45. The second-order valence-corrected chi connectivity index (χ2v) is 5.99. The normalized spacial score (nSPS) is 34.2. The molecule has 2 amide bonds. The fourth-order valence-corrected chi connectivity index (χ4v) is 3.00. The Balaban J connectivity index is 1.80. The van der Waals surface area contributed by atoms with Gasteiger partial charge in [-0.2, -0.15) is 0 Å². The summed E-state index contributed by atoms with van der Waals surface area (Å²) in [5, 5.41) is 0. The maximum atomic E-state index is 13.3. The Labute approximate surface area is 118 Å². The molecule has 20 heavy (non-hydrogen) atoms. The predicted octanol–water partition coefficient (Wildman–Crippen LogP) is 1.01. The first-order valence-electron chi connectivity index (χ1n) is 7.31. The van der Waals surface area contributed by atoms with Crippen molar-refractivity contribution in [2.75, 3.05) is 13.2 Å². The topological polar surface area (TPSA) is 72.6 Å². The van der Waals surface area contributed by atoms with Crippen LogP contribution in [-0.4, -0.2) is 48.2 Å². The zero-order valence-corrected chi connectivity index (χ0v) is 11.9. The Morgan fingerprint density at radius 1 is 1.30 bits per heavy atom. The number of rotatable bonds is 4. The van der Waals surface area contributed by atoms with Crippen LogP contribution in [0.4, 0.5) is 4.39 Å². The minimum Gasteiger partial charge on any atom is -0.368 e. The molecule has 0 radical (unpaired) electrons. The number of halogens is 1. The number of carbonyl (C=O) groups is 2. The third kappa shape index (κ3) is 3.69. The van der Waals surface area contributed by atoms with Crippen LogP contribution in [-0.2, 0) is 14.3 Å². The van der Waals surface area contributed by atoms with E-state index in [1.807, 2.05) is 0 Å². The average Bonchev–Trinajstić information content (AvgIpc) is 2.80. The molecule has 2 fully saturated rings. The van der Waals surface area contributed by atoms with Crippen molar-refractivity contribution in [1.29, 1.82) is 0 Å². The largest absolute Gasteiger partial charge is 0.368 e. The van der Waals surface area contributed by atoms with E-state index in [1.54, 1.807) is 0 Å². The minimum absolute atomic E-state index is 0.00200. The van der Waals surface area contributed by atoms with Gasteiger partial charge < -0.3 is 15.4 Å². The zero-order chi connectivity index (χ0) is 14.7. The van der Waals surface area contributed by atoms with Gasteiger partial charge in [0.2, 0.25) is 11.8 Å². The highest BCUT2D eigenvalue weighted by atomic mass is 19.1. The fraction of sp³-hybridized carbons (Fsp3) is 0.857. The van der Waals surface area contributed by atoms with Crippen LogP contribution in [0.2, 0.25) is 0 Å². The SMILES string of the molecule is CC1CCC(OCC(=O)N2C[C@H](F)C[C@H]2C(N)=O)CC1. The number of hydrogen-bond donors (Lipinski definition) is 1. The van der Waals surface area contributed by atoms with E-state index in [-0.39, 0.29) is 31.6 Å². The Morgan fingerprint density at radius 3 is 2.55 bits per heavy atom.